The van der Waals surface area contributed by atoms with Crippen molar-refractivity contribution >= 4 is 11.9 Å². The molecule has 0 bridgehead atoms. The predicted octanol–water partition coefficient (Wildman–Crippen LogP) is 14.1. The molecule has 0 aromatic heterocycles. The van der Waals surface area contributed by atoms with Crippen LogP contribution in [0.5, 0.6) is 0 Å². The van der Waals surface area contributed by atoms with Crippen molar-refractivity contribution in [2.75, 3.05) is 6.61 Å². The monoisotopic (exact) mass is 798 g/mol. The van der Waals surface area contributed by atoms with Gasteiger partial charge in [-0.05, 0) is 77.0 Å². The van der Waals surface area contributed by atoms with Gasteiger partial charge < -0.3 is 20.3 Å². The van der Waals surface area contributed by atoms with Gasteiger partial charge in [0.25, 0.3) is 0 Å². The van der Waals surface area contributed by atoms with Crippen molar-refractivity contribution in [2.24, 2.45) is 0 Å². The first-order valence-electron chi connectivity index (χ1n) is 24.0. The van der Waals surface area contributed by atoms with E-state index in [2.05, 4.69) is 74.7 Å². The number of carbonyl (C=O) groups excluding carboxylic acids is 2. The van der Waals surface area contributed by atoms with Crippen molar-refractivity contribution < 1.29 is 24.5 Å². The second-order valence-electron chi connectivity index (χ2n) is 16.2. The maximum atomic E-state index is 13.1. The van der Waals surface area contributed by atoms with Crippen LogP contribution in [-0.2, 0) is 14.3 Å². The highest BCUT2D eigenvalue weighted by atomic mass is 16.5. The molecule has 3 atom stereocenters. The van der Waals surface area contributed by atoms with E-state index in [1.807, 2.05) is 12.2 Å². The summed E-state index contributed by atoms with van der Waals surface area (Å²) >= 11 is 0. The average Bonchev–Trinajstić information content (AvgIpc) is 3.20. The SMILES string of the molecule is CC/C=C/C=C/C=C\CCCCCC(CC(=O)NC(CO)C(O)CCCCCCCCCCCC)OC(=O)CCCCCCCCC/C=C\C/C=C\CCCCC. The highest BCUT2D eigenvalue weighted by Crippen LogP contribution is 2.17. The molecule has 3 unspecified atom stereocenters. The summed E-state index contributed by atoms with van der Waals surface area (Å²) in [7, 11) is 0. The predicted molar refractivity (Wildman–Crippen MR) is 245 cm³/mol. The lowest BCUT2D eigenvalue weighted by Crippen LogP contribution is -2.46. The van der Waals surface area contributed by atoms with Gasteiger partial charge in [-0.1, -0.05) is 197 Å². The Labute approximate surface area is 352 Å². The molecule has 0 aromatic carbocycles. The van der Waals surface area contributed by atoms with Crippen LogP contribution in [0.4, 0.5) is 0 Å². The molecule has 0 aromatic rings. The minimum atomic E-state index is -0.797. The lowest BCUT2D eigenvalue weighted by Gasteiger charge is -2.24. The number of unbranched alkanes of at least 4 members (excludes halogenated alkanes) is 22. The van der Waals surface area contributed by atoms with Gasteiger partial charge in [0.2, 0.25) is 5.91 Å². The van der Waals surface area contributed by atoms with Crippen LogP contribution in [-0.4, -0.2) is 46.9 Å². The summed E-state index contributed by atoms with van der Waals surface area (Å²) in [5, 5.41) is 23.6. The van der Waals surface area contributed by atoms with Crippen molar-refractivity contribution in [1.29, 1.82) is 0 Å². The third-order valence-corrected chi connectivity index (χ3v) is 10.6. The Morgan fingerprint density at radius 1 is 0.544 bits per heavy atom. The van der Waals surface area contributed by atoms with Crippen LogP contribution in [0.1, 0.15) is 226 Å². The standard InChI is InChI=1S/C51H91NO5/c1-4-7-10-13-16-19-22-23-24-25-26-27-29-32-35-38-41-44-51(56)57-47(42-39-36-33-30-28-20-17-14-11-8-5-2)45-50(55)52-48(46-53)49(54)43-40-37-34-31-21-18-15-12-9-6-3/h8,11,14,16-17,19-20,23-24,28,47-49,53-54H,4-7,9-10,12-13,15,18,21-22,25-27,29-46H2,1-3H3,(H,52,55)/b11-8+,17-14+,19-16-,24-23-,28-20-. The average molecular weight is 798 g/mol. The van der Waals surface area contributed by atoms with Crippen LogP contribution in [0.15, 0.2) is 60.8 Å². The summed E-state index contributed by atoms with van der Waals surface area (Å²) in [5.74, 6) is -0.520. The molecule has 0 saturated heterocycles. The first-order valence-corrected chi connectivity index (χ1v) is 24.0. The van der Waals surface area contributed by atoms with E-state index in [0.717, 1.165) is 83.5 Å². The number of rotatable bonds is 42. The molecule has 0 aliphatic heterocycles. The summed E-state index contributed by atoms with van der Waals surface area (Å²) in [6.07, 6.45) is 54.3. The second-order valence-corrected chi connectivity index (χ2v) is 16.2. The fourth-order valence-corrected chi connectivity index (χ4v) is 6.99. The van der Waals surface area contributed by atoms with Gasteiger partial charge in [-0.2, -0.15) is 0 Å². The lowest BCUT2D eigenvalue weighted by atomic mass is 10.0. The van der Waals surface area contributed by atoms with Crippen LogP contribution in [0, 0.1) is 0 Å². The van der Waals surface area contributed by atoms with Crippen molar-refractivity contribution in [2.45, 2.75) is 244 Å². The Morgan fingerprint density at radius 2 is 1.02 bits per heavy atom. The highest BCUT2D eigenvalue weighted by Gasteiger charge is 2.24. The van der Waals surface area contributed by atoms with Crippen LogP contribution < -0.4 is 5.32 Å². The van der Waals surface area contributed by atoms with E-state index >= 15 is 0 Å². The van der Waals surface area contributed by atoms with Gasteiger partial charge in [0.05, 0.1) is 25.2 Å². The Bertz CT molecular complexity index is 1030. The summed E-state index contributed by atoms with van der Waals surface area (Å²) < 4.78 is 5.89. The van der Waals surface area contributed by atoms with E-state index in [9.17, 15) is 19.8 Å². The molecular weight excluding hydrogens is 707 g/mol. The molecule has 0 radical (unpaired) electrons. The zero-order valence-electron chi connectivity index (χ0n) is 37.5. The van der Waals surface area contributed by atoms with E-state index in [1.165, 1.54) is 96.3 Å². The summed E-state index contributed by atoms with van der Waals surface area (Å²) in [5.41, 5.74) is 0. The summed E-state index contributed by atoms with van der Waals surface area (Å²) in [6.45, 7) is 6.29. The van der Waals surface area contributed by atoms with Crippen LogP contribution in [0.2, 0.25) is 0 Å². The molecule has 0 fully saturated rings. The number of allylic oxidation sites excluding steroid dienone is 10. The first-order chi connectivity index (χ1) is 28.0. The smallest absolute Gasteiger partial charge is 0.306 e. The van der Waals surface area contributed by atoms with E-state index in [1.54, 1.807) is 0 Å². The van der Waals surface area contributed by atoms with Gasteiger partial charge >= 0.3 is 5.97 Å². The molecule has 0 aliphatic rings. The molecule has 330 valence electrons. The lowest BCUT2D eigenvalue weighted by molar-refractivity contribution is -0.151. The van der Waals surface area contributed by atoms with Gasteiger partial charge in [-0.25, -0.2) is 0 Å². The molecule has 57 heavy (non-hydrogen) atoms. The van der Waals surface area contributed by atoms with Crippen LogP contribution in [0.25, 0.3) is 0 Å². The Balaban J connectivity index is 4.59. The Kier molecular flexibility index (Phi) is 42.7. The number of nitrogens with one attached hydrogen (secondary N) is 1. The number of esters is 1. The van der Waals surface area contributed by atoms with Crippen LogP contribution >= 0.6 is 0 Å². The van der Waals surface area contributed by atoms with Crippen molar-refractivity contribution in [3.05, 3.63) is 60.8 Å². The summed E-state index contributed by atoms with van der Waals surface area (Å²) in [6, 6.07) is -0.713. The quantitative estimate of drug-likeness (QED) is 0.0247. The fraction of sp³-hybridized carbons (Fsp3) is 0.765. The van der Waals surface area contributed by atoms with E-state index in [4.69, 9.17) is 4.74 Å². The number of carbonyl (C=O) groups is 2. The second kappa shape index (κ2) is 44.7. The number of hydrogen-bond donors (Lipinski definition) is 3. The number of aliphatic hydroxyl groups excluding tert-OH is 2. The van der Waals surface area contributed by atoms with Gasteiger partial charge in [-0.3, -0.25) is 9.59 Å². The van der Waals surface area contributed by atoms with Crippen molar-refractivity contribution in [1.82, 2.24) is 5.32 Å². The Morgan fingerprint density at radius 3 is 1.61 bits per heavy atom. The van der Waals surface area contributed by atoms with Crippen LogP contribution in [0.3, 0.4) is 0 Å². The molecule has 6 nitrogen and oxygen atoms in total. The maximum absolute atomic E-state index is 13.1. The maximum Gasteiger partial charge on any atom is 0.306 e. The van der Waals surface area contributed by atoms with E-state index in [0.29, 0.717) is 19.3 Å². The van der Waals surface area contributed by atoms with Gasteiger partial charge in [0, 0.05) is 6.42 Å². The normalized spacial score (nSPS) is 13.8. The third-order valence-electron chi connectivity index (χ3n) is 10.6. The number of aliphatic hydroxyl groups is 2. The zero-order valence-corrected chi connectivity index (χ0v) is 37.5. The minimum Gasteiger partial charge on any atom is -0.462 e. The number of amides is 1. The number of hydrogen-bond acceptors (Lipinski definition) is 5. The zero-order chi connectivity index (χ0) is 41.7. The van der Waals surface area contributed by atoms with E-state index in [-0.39, 0.29) is 24.9 Å². The van der Waals surface area contributed by atoms with Crippen molar-refractivity contribution in [3.63, 3.8) is 0 Å². The molecule has 0 aliphatic carbocycles. The molecule has 0 saturated carbocycles. The largest absolute Gasteiger partial charge is 0.462 e. The molecular formula is C51H91NO5. The molecule has 0 heterocycles. The Hall–Kier alpha value is -2.44. The van der Waals surface area contributed by atoms with Gasteiger partial charge in [0.1, 0.15) is 6.10 Å². The van der Waals surface area contributed by atoms with Gasteiger partial charge in [-0.15, -0.1) is 0 Å². The number of ether oxygens (including phenoxy) is 1. The van der Waals surface area contributed by atoms with Gasteiger partial charge in [0.15, 0.2) is 0 Å². The third kappa shape index (κ3) is 40.1. The highest BCUT2D eigenvalue weighted by molar-refractivity contribution is 5.77. The summed E-state index contributed by atoms with van der Waals surface area (Å²) in [4.78, 5) is 26.0. The molecule has 0 spiro atoms. The first kappa shape index (κ1) is 54.6. The topological polar surface area (TPSA) is 95.9 Å². The molecule has 0 rings (SSSR count). The molecule has 1 amide bonds. The minimum absolute atomic E-state index is 0.0497. The molecule has 3 N–H and O–H groups in total. The fourth-order valence-electron chi connectivity index (χ4n) is 6.99. The molecule has 6 heteroatoms. The van der Waals surface area contributed by atoms with Crippen molar-refractivity contribution in [3.8, 4) is 0 Å². The van der Waals surface area contributed by atoms with E-state index < -0.39 is 18.2 Å².